The first kappa shape index (κ1) is 12.9. The Morgan fingerprint density at radius 3 is 3.16 bits per heavy atom. The van der Waals surface area contributed by atoms with E-state index in [0.717, 1.165) is 24.3 Å². The molecule has 1 aromatic heterocycles. The van der Waals surface area contributed by atoms with Crippen molar-refractivity contribution in [3.8, 4) is 5.88 Å². The second-order valence-electron chi connectivity index (χ2n) is 5.12. The van der Waals surface area contributed by atoms with Gasteiger partial charge >= 0.3 is 0 Å². The number of nitrogens with zero attached hydrogens (tertiary/aromatic N) is 1. The molecule has 1 aromatic carbocycles. The van der Waals surface area contributed by atoms with Crippen LogP contribution in [0.2, 0.25) is 0 Å². The van der Waals surface area contributed by atoms with Crippen molar-refractivity contribution in [3.05, 3.63) is 24.3 Å². The molecular formula is C15H20N2OS. The lowest BCUT2D eigenvalue weighted by Gasteiger charge is -2.23. The Balaban J connectivity index is 1.47. The van der Waals surface area contributed by atoms with Crippen molar-refractivity contribution in [2.75, 3.05) is 13.2 Å². The maximum Gasteiger partial charge on any atom is 0.233 e. The van der Waals surface area contributed by atoms with Crippen molar-refractivity contribution >= 4 is 21.6 Å². The van der Waals surface area contributed by atoms with Gasteiger partial charge in [-0.3, -0.25) is 0 Å². The van der Waals surface area contributed by atoms with Crippen molar-refractivity contribution in [3.63, 3.8) is 0 Å². The van der Waals surface area contributed by atoms with Gasteiger partial charge in [-0.15, -0.1) is 0 Å². The number of aromatic nitrogens is 1. The molecule has 1 atom stereocenters. The third-order valence-corrected chi connectivity index (χ3v) is 4.50. The van der Waals surface area contributed by atoms with Crippen molar-refractivity contribution in [1.82, 2.24) is 9.69 Å². The molecule has 1 unspecified atom stereocenters. The van der Waals surface area contributed by atoms with E-state index in [1.807, 2.05) is 12.1 Å². The minimum absolute atomic E-state index is 0.699. The molecule has 0 bridgehead atoms. The molecule has 19 heavy (non-hydrogen) atoms. The predicted molar refractivity (Wildman–Crippen MR) is 80.0 cm³/mol. The minimum atomic E-state index is 0.699. The van der Waals surface area contributed by atoms with E-state index in [9.17, 15) is 0 Å². The van der Waals surface area contributed by atoms with Gasteiger partial charge in [-0.25, -0.2) is 0 Å². The first-order valence-electron chi connectivity index (χ1n) is 7.14. The second kappa shape index (κ2) is 6.35. The molecule has 1 aliphatic rings. The van der Waals surface area contributed by atoms with E-state index < -0.39 is 0 Å². The maximum absolute atomic E-state index is 5.82. The van der Waals surface area contributed by atoms with Gasteiger partial charge in [-0.1, -0.05) is 18.6 Å². The van der Waals surface area contributed by atoms with E-state index in [1.165, 1.54) is 48.5 Å². The lowest BCUT2D eigenvalue weighted by Crippen LogP contribution is -2.34. The van der Waals surface area contributed by atoms with Crippen LogP contribution in [-0.2, 0) is 0 Å². The Hall–Kier alpha value is -1.13. The summed E-state index contributed by atoms with van der Waals surface area (Å²) in [6.45, 7) is 1.95. The van der Waals surface area contributed by atoms with Gasteiger partial charge in [0, 0.05) is 6.04 Å². The zero-order chi connectivity index (χ0) is 12.9. The van der Waals surface area contributed by atoms with Gasteiger partial charge in [0.25, 0.3) is 0 Å². The van der Waals surface area contributed by atoms with Crippen molar-refractivity contribution < 1.29 is 4.74 Å². The summed E-state index contributed by atoms with van der Waals surface area (Å²) in [6, 6.07) is 8.95. The smallest absolute Gasteiger partial charge is 0.233 e. The van der Waals surface area contributed by atoms with Crippen LogP contribution in [0.4, 0.5) is 0 Å². The molecule has 2 aromatic rings. The quantitative estimate of drug-likeness (QED) is 0.847. The van der Waals surface area contributed by atoms with Crippen LogP contribution in [-0.4, -0.2) is 23.6 Å². The summed E-state index contributed by atoms with van der Waals surface area (Å²) in [7, 11) is 0. The predicted octanol–water partition coefficient (Wildman–Crippen LogP) is 3.60. The van der Waals surface area contributed by atoms with Gasteiger partial charge in [0.05, 0.1) is 16.7 Å². The van der Waals surface area contributed by atoms with E-state index in [2.05, 4.69) is 21.8 Å². The monoisotopic (exact) mass is 276 g/mol. The summed E-state index contributed by atoms with van der Waals surface area (Å²) in [5, 5.41) is 4.72. The molecule has 3 rings (SSSR count). The lowest BCUT2D eigenvalue weighted by atomic mass is 10.0. The van der Waals surface area contributed by atoms with E-state index in [4.69, 9.17) is 4.74 Å². The second-order valence-corrected chi connectivity index (χ2v) is 5.93. The highest BCUT2D eigenvalue weighted by atomic mass is 32.1. The summed E-state index contributed by atoms with van der Waals surface area (Å²) in [5.41, 5.74) is 0. The number of rotatable bonds is 5. The Kier molecular flexibility index (Phi) is 4.30. The number of nitrogens with one attached hydrogen (secondary N) is 1. The van der Waals surface area contributed by atoms with Crippen molar-refractivity contribution in [2.24, 2.45) is 0 Å². The number of ether oxygens (including phenoxy) is 1. The summed E-state index contributed by atoms with van der Waals surface area (Å²) in [6.07, 6.45) is 6.33. The highest BCUT2D eigenvalue weighted by Gasteiger charge is 2.12. The Morgan fingerprint density at radius 1 is 1.32 bits per heavy atom. The average Bonchev–Trinajstić information content (AvgIpc) is 2.88. The topological polar surface area (TPSA) is 34.1 Å². The Morgan fingerprint density at radius 2 is 2.26 bits per heavy atom. The highest BCUT2D eigenvalue weighted by molar-refractivity contribution is 7.13. The molecule has 1 N–H and O–H groups in total. The largest absolute Gasteiger partial charge is 0.477 e. The molecule has 1 fully saturated rings. The summed E-state index contributed by atoms with van der Waals surface area (Å²) < 4.78 is 11.4. The summed E-state index contributed by atoms with van der Waals surface area (Å²) >= 11 is 1.51. The average molecular weight is 276 g/mol. The van der Waals surface area contributed by atoms with Crippen LogP contribution < -0.4 is 10.1 Å². The number of benzene rings is 1. The van der Waals surface area contributed by atoms with E-state index in [0.29, 0.717) is 6.04 Å². The molecule has 0 aliphatic carbocycles. The van der Waals surface area contributed by atoms with Gasteiger partial charge in [0.15, 0.2) is 0 Å². The van der Waals surface area contributed by atoms with Crippen LogP contribution in [0.15, 0.2) is 24.3 Å². The molecule has 1 aliphatic heterocycles. The van der Waals surface area contributed by atoms with Crippen LogP contribution in [0.25, 0.3) is 10.1 Å². The molecule has 0 spiro atoms. The molecule has 3 nitrogen and oxygen atoms in total. The van der Waals surface area contributed by atoms with Gasteiger partial charge in [-0.05, 0) is 55.9 Å². The van der Waals surface area contributed by atoms with Crippen molar-refractivity contribution in [2.45, 2.75) is 38.1 Å². The normalized spacial score (nSPS) is 19.7. The molecular weight excluding hydrogens is 256 g/mol. The van der Waals surface area contributed by atoms with Crippen LogP contribution in [0, 0.1) is 0 Å². The van der Waals surface area contributed by atoms with Gasteiger partial charge in [-0.2, -0.15) is 4.37 Å². The molecule has 0 saturated carbocycles. The zero-order valence-electron chi connectivity index (χ0n) is 11.1. The maximum atomic E-state index is 5.82. The lowest BCUT2D eigenvalue weighted by molar-refractivity contribution is 0.281. The molecule has 0 amide bonds. The highest BCUT2D eigenvalue weighted by Crippen LogP contribution is 2.28. The molecule has 102 valence electrons. The third kappa shape index (κ3) is 3.25. The van der Waals surface area contributed by atoms with Gasteiger partial charge in [0.1, 0.15) is 0 Å². The minimum Gasteiger partial charge on any atom is -0.477 e. The Bertz CT molecular complexity index is 520. The van der Waals surface area contributed by atoms with Gasteiger partial charge in [0.2, 0.25) is 5.88 Å². The fraction of sp³-hybridized carbons (Fsp3) is 0.533. The van der Waals surface area contributed by atoms with Crippen LogP contribution in [0.1, 0.15) is 32.1 Å². The number of fused-ring (bicyclic) bond motifs is 1. The van der Waals surface area contributed by atoms with E-state index >= 15 is 0 Å². The van der Waals surface area contributed by atoms with Crippen LogP contribution in [0.5, 0.6) is 5.88 Å². The zero-order valence-corrected chi connectivity index (χ0v) is 11.9. The number of hydrogen-bond donors (Lipinski definition) is 1. The fourth-order valence-electron chi connectivity index (χ4n) is 2.64. The van der Waals surface area contributed by atoms with E-state index in [1.54, 1.807) is 0 Å². The fourth-order valence-corrected chi connectivity index (χ4v) is 3.36. The standard InChI is InChI=1S/C15H20N2OS/c1-2-9-14-13(8-1)15(17-19-14)18-11-5-7-12-6-3-4-10-16-12/h1-2,8-9,12,16H,3-7,10-11H2. The van der Waals surface area contributed by atoms with Crippen LogP contribution in [0.3, 0.4) is 0 Å². The molecule has 2 heterocycles. The summed E-state index contributed by atoms with van der Waals surface area (Å²) in [5.74, 6) is 0.803. The third-order valence-electron chi connectivity index (χ3n) is 3.69. The molecule has 0 radical (unpaired) electrons. The SMILES string of the molecule is c1ccc2c(OCCCC3CCCCN3)nsc2c1. The summed E-state index contributed by atoms with van der Waals surface area (Å²) in [4.78, 5) is 0. The molecule has 1 saturated heterocycles. The molecule has 4 heteroatoms. The Labute approximate surface area is 118 Å². The van der Waals surface area contributed by atoms with Crippen molar-refractivity contribution in [1.29, 1.82) is 0 Å². The number of hydrogen-bond acceptors (Lipinski definition) is 4. The van der Waals surface area contributed by atoms with E-state index in [-0.39, 0.29) is 0 Å². The van der Waals surface area contributed by atoms with Crippen LogP contribution >= 0.6 is 11.5 Å². The van der Waals surface area contributed by atoms with Gasteiger partial charge < -0.3 is 10.1 Å². The first-order chi connectivity index (χ1) is 9.43. The number of piperidine rings is 1. The first-order valence-corrected chi connectivity index (χ1v) is 7.91.